The number of hydrogen-bond acceptors (Lipinski definition) is 6. The second-order valence-corrected chi connectivity index (χ2v) is 7.18. The minimum atomic E-state index is -1.13. The van der Waals surface area contributed by atoms with Crippen LogP contribution in [0.15, 0.2) is 22.2 Å². The standard InChI is InChI=1S/C14H14N2O4S2/c1-6-8(21-5-15-6)3-4-9-11(14(19)20)16-12(18)10(7(2)17)13(16)22-9/h3-5,7,10,13,17H,1-2H3,(H,19,20)/b4-3+/t7?,10-,13+/m0/s1. The summed E-state index contributed by atoms with van der Waals surface area (Å²) in [6, 6.07) is 0. The molecule has 1 aromatic rings. The van der Waals surface area contributed by atoms with E-state index >= 15 is 0 Å². The largest absolute Gasteiger partial charge is 0.477 e. The molecule has 1 aromatic heterocycles. The zero-order valence-electron chi connectivity index (χ0n) is 11.9. The molecule has 0 aromatic carbocycles. The van der Waals surface area contributed by atoms with E-state index in [1.165, 1.54) is 28.0 Å². The number of fused-ring (bicyclic) bond motifs is 1. The minimum absolute atomic E-state index is 0.00433. The monoisotopic (exact) mass is 338 g/mol. The Morgan fingerprint density at radius 1 is 1.50 bits per heavy atom. The van der Waals surface area contributed by atoms with Crippen LogP contribution in [0, 0.1) is 12.8 Å². The number of carboxylic acids is 1. The predicted octanol–water partition coefficient (Wildman–Crippen LogP) is 1.67. The molecule has 0 aliphatic carbocycles. The quantitative estimate of drug-likeness (QED) is 0.812. The summed E-state index contributed by atoms with van der Waals surface area (Å²) in [7, 11) is 0. The normalized spacial score (nSPS) is 25.6. The zero-order valence-corrected chi connectivity index (χ0v) is 13.5. The van der Waals surface area contributed by atoms with Crippen molar-refractivity contribution in [3.05, 3.63) is 32.8 Å². The Hall–Kier alpha value is -1.64. The Kier molecular flexibility index (Phi) is 3.84. The summed E-state index contributed by atoms with van der Waals surface area (Å²) < 4.78 is 0. The molecule has 3 atom stereocenters. The Labute approximate surface area is 135 Å². The first-order valence-electron chi connectivity index (χ1n) is 6.65. The van der Waals surface area contributed by atoms with Crippen molar-refractivity contribution in [2.24, 2.45) is 5.92 Å². The van der Waals surface area contributed by atoms with E-state index in [1.807, 2.05) is 13.0 Å². The van der Waals surface area contributed by atoms with Crippen molar-refractivity contribution in [1.82, 2.24) is 9.88 Å². The van der Waals surface area contributed by atoms with E-state index < -0.39 is 18.0 Å². The summed E-state index contributed by atoms with van der Waals surface area (Å²) in [5, 5.41) is 18.7. The van der Waals surface area contributed by atoms with Crippen molar-refractivity contribution in [1.29, 1.82) is 0 Å². The first-order valence-corrected chi connectivity index (χ1v) is 8.41. The Morgan fingerprint density at radius 3 is 2.77 bits per heavy atom. The maximum Gasteiger partial charge on any atom is 0.353 e. The molecule has 1 unspecified atom stereocenters. The number of hydrogen-bond donors (Lipinski definition) is 2. The Bertz CT molecular complexity index is 707. The number of aromatic nitrogens is 1. The smallest absolute Gasteiger partial charge is 0.353 e. The van der Waals surface area contributed by atoms with E-state index in [2.05, 4.69) is 4.98 Å². The van der Waals surface area contributed by atoms with E-state index in [-0.39, 0.29) is 17.0 Å². The lowest BCUT2D eigenvalue weighted by Crippen LogP contribution is -2.60. The Balaban J connectivity index is 1.91. The third-order valence-electron chi connectivity index (χ3n) is 3.70. The summed E-state index contributed by atoms with van der Waals surface area (Å²) in [5.74, 6) is -2.01. The van der Waals surface area contributed by atoms with Crippen molar-refractivity contribution in [3.63, 3.8) is 0 Å². The minimum Gasteiger partial charge on any atom is -0.477 e. The van der Waals surface area contributed by atoms with E-state index in [0.717, 1.165) is 10.6 Å². The second kappa shape index (κ2) is 5.53. The number of carbonyl (C=O) groups excluding carboxylic acids is 1. The molecule has 0 spiro atoms. The summed E-state index contributed by atoms with van der Waals surface area (Å²) in [6.45, 7) is 3.43. The number of amides is 1. The average molecular weight is 338 g/mol. The van der Waals surface area contributed by atoms with Crippen LogP contribution in [0.3, 0.4) is 0 Å². The maximum absolute atomic E-state index is 12.1. The highest BCUT2D eigenvalue weighted by atomic mass is 32.2. The molecule has 0 radical (unpaired) electrons. The molecule has 3 rings (SSSR count). The molecule has 2 aliphatic rings. The molecule has 2 N–H and O–H groups in total. The molecule has 0 bridgehead atoms. The second-order valence-electron chi connectivity index (χ2n) is 5.14. The highest BCUT2D eigenvalue weighted by Crippen LogP contribution is 2.50. The number of aliphatic hydroxyl groups excluding tert-OH is 1. The predicted molar refractivity (Wildman–Crippen MR) is 83.9 cm³/mol. The molecule has 22 heavy (non-hydrogen) atoms. The molecule has 1 saturated heterocycles. The van der Waals surface area contributed by atoms with E-state index in [1.54, 1.807) is 18.5 Å². The van der Waals surface area contributed by atoms with Crippen molar-refractivity contribution in [2.45, 2.75) is 25.3 Å². The van der Waals surface area contributed by atoms with Crippen LogP contribution >= 0.6 is 23.1 Å². The van der Waals surface area contributed by atoms with Gasteiger partial charge < -0.3 is 10.2 Å². The van der Waals surface area contributed by atoms with Crippen LogP contribution in [-0.4, -0.2) is 43.5 Å². The molecule has 0 saturated carbocycles. The molecule has 8 heteroatoms. The number of thioether (sulfide) groups is 1. The number of aliphatic carboxylic acids is 1. The van der Waals surface area contributed by atoms with Crippen LogP contribution in [0.2, 0.25) is 0 Å². The molecular formula is C14H14N2O4S2. The average Bonchev–Trinajstić information content (AvgIpc) is 2.97. The van der Waals surface area contributed by atoms with E-state index in [0.29, 0.717) is 4.91 Å². The molecular weight excluding hydrogens is 324 g/mol. The van der Waals surface area contributed by atoms with Crippen molar-refractivity contribution in [2.75, 3.05) is 0 Å². The molecule has 3 heterocycles. The van der Waals surface area contributed by atoms with Gasteiger partial charge in [0.25, 0.3) is 0 Å². The van der Waals surface area contributed by atoms with Gasteiger partial charge in [-0.3, -0.25) is 9.69 Å². The van der Waals surface area contributed by atoms with Gasteiger partial charge in [0.1, 0.15) is 11.1 Å². The number of carbonyl (C=O) groups is 2. The van der Waals surface area contributed by atoms with Gasteiger partial charge in [0, 0.05) is 9.78 Å². The molecule has 116 valence electrons. The van der Waals surface area contributed by atoms with Crippen molar-refractivity contribution in [3.8, 4) is 0 Å². The van der Waals surface area contributed by atoms with Crippen LogP contribution in [0.4, 0.5) is 0 Å². The number of nitrogens with zero attached hydrogens (tertiary/aromatic N) is 2. The van der Waals surface area contributed by atoms with Crippen LogP contribution in [0.25, 0.3) is 6.08 Å². The van der Waals surface area contributed by atoms with Crippen LogP contribution < -0.4 is 0 Å². The first-order chi connectivity index (χ1) is 10.4. The van der Waals surface area contributed by atoms with Crippen molar-refractivity contribution < 1.29 is 19.8 Å². The lowest BCUT2D eigenvalue weighted by Gasteiger charge is -2.43. The summed E-state index contributed by atoms with van der Waals surface area (Å²) >= 11 is 2.77. The van der Waals surface area contributed by atoms with Gasteiger partial charge in [-0.05, 0) is 26.0 Å². The number of aryl methyl sites for hydroxylation is 1. The number of β-lactam (4-membered cyclic amide) rings is 1. The first kappa shape index (κ1) is 15.3. The summed E-state index contributed by atoms with van der Waals surface area (Å²) in [4.78, 5) is 30.4. The van der Waals surface area contributed by atoms with Gasteiger partial charge in [0.2, 0.25) is 5.91 Å². The van der Waals surface area contributed by atoms with Gasteiger partial charge in [-0.2, -0.15) is 0 Å². The van der Waals surface area contributed by atoms with Gasteiger partial charge in [0.05, 0.1) is 23.2 Å². The molecule has 1 amide bonds. The SMILES string of the molecule is Cc1ncsc1/C=C/C1=C(C(=O)O)N2C(=O)[C@H](C(C)O)[C@H]2S1. The van der Waals surface area contributed by atoms with Gasteiger partial charge in [-0.25, -0.2) is 9.78 Å². The maximum atomic E-state index is 12.1. The van der Waals surface area contributed by atoms with Gasteiger partial charge in [-0.1, -0.05) is 11.8 Å². The van der Waals surface area contributed by atoms with Crippen molar-refractivity contribution >= 4 is 41.1 Å². The molecule has 6 nitrogen and oxygen atoms in total. The van der Waals surface area contributed by atoms with Gasteiger partial charge in [-0.15, -0.1) is 11.3 Å². The van der Waals surface area contributed by atoms with E-state index in [4.69, 9.17) is 0 Å². The fraction of sp³-hybridized carbons (Fsp3) is 0.357. The highest BCUT2D eigenvalue weighted by Gasteiger charge is 2.57. The summed E-state index contributed by atoms with van der Waals surface area (Å²) in [5.41, 5.74) is 2.60. The topological polar surface area (TPSA) is 90.7 Å². The highest BCUT2D eigenvalue weighted by molar-refractivity contribution is 8.04. The van der Waals surface area contributed by atoms with Crippen LogP contribution in [0.1, 0.15) is 17.5 Å². The number of aliphatic hydroxyl groups is 1. The van der Waals surface area contributed by atoms with Crippen LogP contribution in [0.5, 0.6) is 0 Å². The number of thiazole rings is 1. The number of rotatable bonds is 4. The Morgan fingerprint density at radius 2 is 2.23 bits per heavy atom. The third kappa shape index (κ3) is 2.27. The molecule has 1 fully saturated rings. The lowest BCUT2D eigenvalue weighted by atomic mass is 9.92. The molecule has 2 aliphatic heterocycles. The third-order valence-corrected chi connectivity index (χ3v) is 5.92. The fourth-order valence-corrected chi connectivity index (χ4v) is 4.75. The summed E-state index contributed by atoms with van der Waals surface area (Å²) in [6.07, 6.45) is 2.73. The van der Waals surface area contributed by atoms with Crippen LogP contribution in [-0.2, 0) is 9.59 Å². The van der Waals surface area contributed by atoms with Gasteiger partial charge >= 0.3 is 5.97 Å². The number of carboxylic acid groups (broad SMARTS) is 1. The van der Waals surface area contributed by atoms with Gasteiger partial charge in [0.15, 0.2) is 0 Å². The van der Waals surface area contributed by atoms with E-state index in [9.17, 15) is 19.8 Å². The lowest BCUT2D eigenvalue weighted by molar-refractivity contribution is -0.156. The fourth-order valence-electron chi connectivity index (χ4n) is 2.55. The zero-order chi connectivity index (χ0) is 16.0. The number of allylic oxidation sites excluding steroid dienone is 1.